The van der Waals surface area contributed by atoms with Crippen LogP contribution in [0.4, 0.5) is 4.79 Å². The van der Waals surface area contributed by atoms with E-state index in [1.807, 2.05) is 0 Å². The minimum Gasteiger partial charge on any atom is -0.481 e. The van der Waals surface area contributed by atoms with Crippen molar-refractivity contribution in [3.05, 3.63) is 12.8 Å². The van der Waals surface area contributed by atoms with Crippen molar-refractivity contribution in [1.29, 1.82) is 0 Å². The van der Waals surface area contributed by atoms with E-state index in [4.69, 9.17) is 9.90 Å². The summed E-state index contributed by atoms with van der Waals surface area (Å²) < 4.78 is 4.91. The maximum absolute atomic E-state index is 10.2. The van der Waals surface area contributed by atoms with E-state index in [0.29, 0.717) is 3.71 Å². The maximum Gasteiger partial charge on any atom is 0.434 e. The molecule has 0 aliphatic carbocycles. The molecule has 0 heterocycles. The molecule has 0 spiro atoms. The van der Waals surface area contributed by atoms with E-state index in [9.17, 15) is 4.79 Å². The first-order valence-corrected chi connectivity index (χ1v) is 3.40. The standard InChI is InChI=1S/C3H5NO2S2.C2H4O2.Zn/c1-2-6-3(5)4(7)8;1-2(3)4;/h2,7-8H,1H2;1H3,(H,3,4);. The predicted molar refractivity (Wildman–Crippen MR) is 49.8 cm³/mol. The van der Waals surface area contributed by atoms with Crippen LogP contribution in [0.25, 0.3) is 0 Å². The second-order valence-electron chi connectivity index (χ2n) is 1.36. The Kier molecular flexibility index (Phi) is 16.9. The van der Waals surface area contributed by atoms with E-state index in [-0.39, 0.29) is 19.5 Å². The summed E-state index contributed by atoms with van der Waals surface area (Å²) in [6.07, 6.45) is 0.327. The van der Waals surface area contributed by atoms with Crippen molar-refractivity contribution in [2.24, 2.45) is 0 Å². The average molecular weight is 277 g/mol. The molecule has 0 aromatic carbocycles. The number of hydrogen-bond donors (Lipinski definition) is 3. The Labute approximate surface area is 100.0 Å². The van der Waals surface area contributed by atoms with Crippen LogP contribution in [0.15, 0.2) is 12.8 Å². The summed E-state index contributed by atoms with van der Waals surface area (Å²) in [6.45, 7) is 4.23. The predicted octanol–water partition coefficient (Wildman–Crippen LogP) is 1.35. The molecular weight excluding hydrogens is 268 g/mol. The number of rotatable bonds is 1. The summed E-state index contributed by atoms with van der Waals surface area (Å²) in [5, 5.41) is 7.42. The first-order valence-electron chi connectivity index (χ1n) is 2.60. The first kappa shape index (κ1) is 18.6. The van der Waals surface area contributed by atoms with Gasteiger partial charge in [-0.1, -0.05) is 6.58 Å². The van der Waals surface area contributed by atoms with Crippen LogP contribution in [0.3, 0.4) is 0 Å². The van der Waals surface area contributed by atoms with Crippen molar-refractivity contribution in [3.63, 3.8) is 0 Å². The number of amides is 1. The van der Waals surface area contributed by atoms with Crippen LogP contribution < -0.4 is 0 Å². The number of carbonyl (C=O) groups excluding carboxylic acids is 1. The molecule has 0 saturated carbocycles. The Morgan fingerprint density at radius 3 is 1.92 bits per heavy atom. The Balaban J connectivity index is -0.000000173. The molecule has 1 N–H and O–H groups in total. The van der Waals surface area contributed by atoms with Gasteiger partial charge in [0, 0.05) is 26.4 Å². The van der Waals surface area contributed by atoms with Crippen LogP contribution in [-0.4, -0.2) is 20.9 Å². The van der Waals surface area contributed by atoms with Gasteiger partial charge in [-0.2, -0.15) is 3.71 Å². The average Bonchev–Trinajstić information content (AvgIpc) is 1.86. The monoisotopic (exact) mass is 275 g/mol. The third-order valence-corrected chi connectivity index (χ3v) is 0.674. The summed E-state index contributed by atoms with van der Waals surface area (Å²) in [4.78, 5) is 19.2. The van der Waals surface area contributed by atoms with E-state index >= 15 is 0 Å². The summed E-state index contributed by atoms with van der Waals surface area (Å²) in [6, 6.07) is 0. The van der Waals surface area contributed by atoms with Crippen molar-refractivity contribution in [2.45, 2.75) is 6.92 Å². The molecular formula is C5H9NO4S2Zn. The third-order valence-electron chi connectivity index (χ3n) is 0.347. The van der Waals surface area contributed by atoms with Crippen LogP contribution in [0.5, 0.6) is 0 Å². The smallest absolute Gasteiger partial charge is 0.434 e. The fourth-order valence-corrected chi connectivity index (χ4v) is 0.213. The molecule has 0 bridgehead atoms. The van der Waals surface area contributed by atoms with Gasteiger partial charge in [0.05, 0.1) is 6.26 Å². The number of carboxylic acids is 1. The minimum atomic E-state index is -0.833. The minimum absolute atomic E-state index is 0. The molecule has 8 heteroatoms. The zero-order valence-corrected chi connectivity index (χ0v) is 11.8. The number of carbonyl (C=O) groups is 2. The molecule has 5 nitrogen and oxygen atoms in total. The second kappa shape index (κ2) is 11.8. The van der Waals surface area contributed by atoms with Gasteiger partial charge in [0.2, 0.25) is 0 Å². The summed E-state index contributed by atoms with van der Waals surface area (Å²) in [5.41, 5.74) is 0. The Hall–Kier alpha value is -0.197. The summed E-state index contributed by atoms with van der Waals surface area (Å²) in [5.74, 6) is -0.833. The molecule has 0 unspecified atom stereocenters. The SMILES string of the molecule is C=COC(=O)N(S)S.CC(=O)O.[Zn]. The molecule has 0 atom stereocenters. The van der Waals surface area contributed by atoms with Gasteiger partial charge in [-0.15, -0.1) is 0 Å². The number of carboxylic acid groups (broad SMARTS) is 1. The third kappa shape index (κ3) is 24.5. The fourth-order valence-electron chi connectivity index (χ4n) is 0.118. The van der Waals surface area contributed by atoms with E-state index in [0.717, 1.165) is 13.2 Å². The van der Waals surface area contributed by atoms with E-state index in [2.05, 4.69) is 36.9 Å². The van der Waals surface area contributed by atoms with Gasteiger partial charge < -0.3 is 9.84 Å². The van der Waals surface area contributed by atoms with Crippen molar-refractivity contribution < 1.29 is 38.9 Å². The molecule has 0 fully saturated rings. The van der Waals surface area contributed by atoms with Gasteiger partial charge in [-0.3, -0.25) is 4.79 Å². The normalized spacial score (nSPS) is 6.69. The van der Waals surface area contributed by atoms with Crippen molar-refractivity contribution in [3.8, 4) is 0 Å². The zero-order valence-electron chi connectivity index (χ0n) is 7.01. The van der Waals surface area contributed by atoms with E-state index in [1.54, 1.807) is 0 Å². The Morgan fingerprint density at radius 2 is 1.85 bits per heavy atom. The Morgan fingerprint density at radius 1 is 1.54 bits per heavy atom. The van der Waals surface area contributed by atoms with Gasteiger partial charge in [-0.25, -0.2) is 4.79 Å². The Bertz CT molecular complexity index is 172. The molecule has 13 heavy (non-hydrogen) atoms. The molecule has 0 radical (unpaired) electrons. The molecule has 0 saturated heterocycles. The van der Waals surface area contributed by atoms with Gasteiger partial charge in [0.25, 0.3) is 5.97 Å². The first-order chi connectivity index (χ1) is 5.41. The fraction of sp³-hybridized carbons (Fsp3) is 0.200. The van der Waals surface area contributed by atoms with Gasteiger partial charge in [-0.05, 0) is 25.6 Å². The number of nitrogens with zero attached hydrogens (tertiary/aromatic N) is 1. The zero-order chi connectivity index (χ0) is 10.1. The van der Waals surface area contributed by atoms with E-state index in [1.165, 1.54) is 0 Å². The van der Waals surface area contributed by atoms with Crippen LogP contribution in [0.1, 0.15) is 6.92 Å². The van der Waals surface area contributed by atoms with Crippen molar-refractivity contribution in [1.82, 2.24) is 3.71 Å². The molecule has 72 valence electrons. The quantitative estimate of drug-likeness (QED) is 0.384. The van der Waals surface area contributed by atoms with Crippen LogP contribution in [0.2, 0.25) is 0 Å². The van der Waals surface area contributed by atoms with Crippen molar-refractivity contribution >= 4 is 37.7 Å². The van der Waals surface area contributed by atoms with Gasteiger partial charge in [0.15, 0.2) is 0 Å². The van der Waals surface area contributed by atoms with E-state index < -0.39 is 12.1 Å². The van der Waals surface area contributed by atoms with Gasteiger partial charge in [0.1, 0.15) is 0 Å². The largest absolute Gasteiger partial charge is 0.481 e. The number of ether oxygens (including phenoxy) is 1. The number of thiol groups is 2. The topological polar surface area (TPSA) is 66.8 Å². The number of hydrogen-bond acceptors (Lipinski definition) is 5. The second-order valence-corrected chi connectivity index (χ2v) is 2.47. The van der Waals surface area contributed by atoms with Crippen LogP contribution in [-0.2, 0) is 29.0 Å². The molecule has 1 amide bonds. The summed E-state index contributed by atoms with van der Waals surface area (Å²) in [7, 11) is 0. The molecule has 0 aromatic heterocycles. The molecule has 0 aliphatic heterocycles. The maximum atomic E-state index is 10.2. The van der Waals surface area contributed by atoms with Crippen molar-refractivity contribution in [2.75, 3.05) is 0 Å². The summed E-state index contributed by atoms with van der Waals surface area (Å²) >= 11 is 7.00. The number of aliphatic carboxylic acids is 1. The van der Waals surface area contributed by atoms with Crippen LogP contribution >= 0.6 is 25.6 Å². The van der Waals surface area contributed by atoms with Gasteiger partial charge >= 0.3 is 6.09 Å². The molecule has 0 aliphatic rings. The molecule has 0 aromatic rings. The van der Waals surface area contributed by atoms with Crippen LogP contribution in [0, 0.1) is 0 Å². The molecule has 0 rings (SSSR count).